The second-order valence-electron chi connectivity index (χ2n) is 3.65. The Kier molecular flexibility index (Phi) is 1.92. The summed E-state index contributed by atoms with van der Waals surface area (Å²) in [5.41, 5.74) is 2.44. The van der Waals surface area contributed by atoms with Crippen LogP contribution in [0.25, 0.3) is 0 Å². The van der Waals surface area contributed by atoms with Gasteiger partial charge in [0.2, 0.25) is 0 Å². The van der Waals surface area contributed by atoms with Gasteiger partial charge in [-0.1, -0.05) is 24.3 Å². The Labute approximate surface area is 83.1 Å². The Balaban J connectivity index is 2.00. The molecule has 0 aromatic rings. The maximum absolute atomic E-state index is 5.69. The van der Waals surface area contributed by atoms with Crippen molar-refractivity contribution >= 4 is 0 Å². The van der Waals surface area contributed by atoms with E-state index in [4.69, 9.17) is 9.47 Å². The molecule has 1 fully saturated rings. The largest absolute Gasteiger partial charge is 0.384 e. The zero-order valence-electron chi connectivity index (χ0n) is 7.90. The highest BCUT2D eigenvalue weighted by molar-refractivity contribution is 5.41. The van der Waals surface area contributed by atoms with Crippen LogP contribution in [-0.4, -0.2) is 32.0 Å². The fraction of sp³-hybridized carbons (Fsp3) is 0.455. The summed E-state index contributed by atoms with van der Waals surface area (Å²) in [6.07, 6.45) is 8.49. The van der Waals surface area contributed by atoms with Crippen LogP contribution in [0.3, 0.4) is 0 Å². The van der Waals surface area contributed by atoms with Gasteiger partial charge in [-0.25, -0.2) is 0 Å². The average Bonchev–Trinajstić information content (AvgIpc) is 2.29. The van der Waals surface area contributed by atoms with Gasteiger partial charge < -0.3 is 14.8 Å². The number of morpholine rings is 1. The zero-order chi connectivity index (χ0) is 9.38. The molecule has 0 radical (unpaired) electrons. The zero-order valence-corrected chi connectivity index (χ0v) is 7.90. The van der Waals surface area contributed by atoms with Crippen LogP contribution in [0.5, 0.6) is 0 Å². The van der Waals surface area contributed by atoms with Crippen LogP contribution in [0.2, 0.25) is 0 Å². The Hall–Kier alpha value is -1.06. The van der Waals surface area contributed by atoms with E-state index in [1.807, 2.05) is 12.2 Å². The summed E-state index contributed by atoms with van der Waals surface area (Å²) in [6.45, 7) is 2.34. The van der Waals surface area contributed by atoms with E-state index in [9.17, 15) is 0 Å². The molecule has 1 saturated heterocycles. The van der Waals surface area contributed by atoms with Crippen molar-refractivity contribution in [2.75, 3.05) is 19.8 Å². The molecule has 3 heteroatoms. The number of hydrogen-bond donors (Lipinski definition) is 1. The van der Waals surface area contributed by atoms with E-state index in [1.54, 1.807) is 0 Å². The molecule has 0 spiro atoms. The van der Waals surface area contributed by atoms with E-state index in [2.05, 4.69) is 17.5 Å². The van der Waals surface area contributed by atoms with Crippen LogP contribution >= 0.6 is 0 Å². The Bertz CT molecular complexity index is 330. The van der Waals surface area contributed by atoms with Gasteiger partial charge in [-0.2, -0.15) is 0 Å². The summed E-state index contributed by atoms with van der Waals surface area (Å²) in [5.74, 6) is 0. The summed E-state index contributed by atoms with van der Waals surface area (Å²) >= 11 is 0. The van der Waals surface area contributed by atoms with Gasteiger partial charge >= 0.3 is 0 Å². The van der Waals surface area contributed by atoms with Crippen LogP contribution in [0.4, 0.5) is 0 Å². The minimum Gasteiger partial charge on any atom is -0.384 e. The van der Waals surface area contributed by atoms with E-state index in [0.29, 0.717) is 6.61 Å². The van der Waals surface area contributed by atoms with Crippen molar-refractivity contribution in [3.05, 3.63) is 35.6 Å². The maximum Gasteiger partial charge on any atom is 0.121 e. The van der Waals surface area contributed by atoms with Gasteiger partial charge in [0.15, 0.2) is 0 Å². The standard InChI is InChI=1S/C11H13NO2/c1-2-4-9-8(3-1)11-10(7-14-9)13-6-5-12-11/h1-4,9-10,12H,5-7H2. The maximum atomic E-state index is 5.69. The van der Waals surface area contributed by atoms with E-state index in [0.717, 1.165) is 13.2 Å². The van der Waals surface area contributed by atoms with Crippen molar-refractivity contribution in [2.24, 2.45) is 0 Å². The molecule has 1 N–H and O–H groups in total. The van der Waals surface area contributed by atoms with Crippen LogP contribution in [0, 0.1) is 0 Å². The van der Waals surface area contributed by atoms with Gasteiger partial charge in [0, 0.05) is 17.8 Å². The topological polar surface area (TPSA) is 30.5 Å². The SMILES string of the molecule is C1=CC2=C3NCCOC3COC2C=C1. The van der Waals surface area contributed by atoms with Gasteiger partial charge in [-0.3, -0.25) is 0 Å². The van der Waals surface area contributed by atoms with Crippen molar-refractivity contribution in [2.45, 2.75) is 12.2 Å². The third-order valence-corrected chi connectivity index (χ3v) is 2.78. The van der Waals surface area contributed by atoms with Crippen molar-refractivity contribution in [1.82, 2.24) is 5.32 Å². The molecule has 2 unspecified atom stereocenters. The first-order valence-corrected chi connectivity index (χ1v) is 5.01. The van der Waals surface area contributed by atoms with E-state index in [-0.39, 0.29) is 12.2 Å². The molecule has 2 heterocycles. The molecule has 0 saturated carbocycles. The molecule has 0 amide bonds. The summed E-state index contributed by atoms with van der Waals surface area (Å²) in [7, 11) is 0. The summed E-state index contributed by atoms with van der Waals surface area (Å²) < 4.78 is 11.3. The number of allylic oxidation sites excluding steroid dienone is 2. The fourth-order valence-electron chi connectivity index (χ4n) is 2.11. The molecule has 74 valence electrons. The summed E-state index contributed by atoms with van der Waals surface area (Å²) in [6, 6.07) is 0. The smallest absolute Gasteiger partial charge is 0.121 e. The number of rotatable bonds is 0. The van der Waals surface area contributed by atoms with Gasteiger partial charge in [0.25, 0.3) is 0 Å². The van der Waals surface area contributed by atoms with E-state index >= 15 is 0 Å². The lowest BCUT2D eigenvalue weighted by Crippen LogP contribution is -2.45. The first kappa shape index (κ1) is 8.26. The highest BCUT2D eigenvalue weighted by Gasteiger charge is 2.31. The second-order valence-corrected chi connectivity index (χ2v) is 3.65. The Morgan fingerprint density at radius 3 is 3.29 bits per heavy atom. The Morgan fingerprint density at radius 2 is 2.29 bits per heavy atom. The number of nitrogens with one attached hydrogen (secondary N) is 1. The molecular weight excluding hydrogens is 178 g/mol. The predicted molar refractivity (Wildman–Crippen MR) is 52.8 cm³/mol. The van der Waals surface area contributed by atoms with Crippen molar-refractivity contribution < 1.29 is 9.47 Å². The van der Waals surface area contributed by atoms with Gasteiger partial charge in [-0.15, -0.1) is 0 Å². The number of fused-ring (bicyclic) bond motifs is 2. The highest BCUT2D eigenvalue weighted by atomic mass is 16.5. The van der Waals surface area contributed by atoms with Crippen LogP contribution in [0.15, 0.2) is 35.6 Å². The van der Waals surface area contributed by atoms with E-state index < -0.39 is 0 Å². The van der Waals surface area contributed by atoms with Crippen molar-refractivity contribution in [3.8, 4) is 0 Å². The lowest BCUT2D eigenvalue weighted by molar-refractivity contribution is -0.0360. The first-order chi connectivity index (χ1) is 6.95. The first-order valence-electron chi connectivity index (χ1n) is 5.01. The summed E-state index contributed by atoms with van der Waals surface area (Å²) in [4.78, 5) is 0. The molecule has 3 nitrogen and oxygen atoms in total. The van der Waals surface area contributed by atoms with Crippen molar-refractivity contribution in [3.63, 3.8) is 0 Å². The molecule has 14 heavy (non-hydrogen) atoms. The molecule has 2 atom stereocenters. The highest BCUT2D eigenvalue weighted by Crippen LogP contribution is 2.27. The second kappa shape index (κ2) is 3.26. The molecule has 3 rings (SSSR count). The third kappa shape index (κ3) is 1.21. The molecule has 0 aromatic heterocycles. The molecule has 3 aliphatic rings. The van der Waals surface area contributed by atoms with Gasteiger partial charge in [-0.05, 0) is 0 Å². The quantitative estimate of drug-likeness (QED) is 0.613. The summed E-state index contributed by atoms with van der Waals surface area (Å²) in [5, 5.41) is 3.41. The molecular formula is C11H13NO2. The minimum atomic E-state index is 0.117. The molecule has 0 aromatic carbocycles. The van der Waals surface area contributed by atoms with Gasteiger partial charge in [0.05, 0.1) is 13.2 Å². The molecule has 1 aliphatic carbocycles. The van der Waals surface area contributed by atoms with Crippen LogP contribution in [-0.2, 0) is 9.47 Å². The molecule has 2 aliphatic heterocycles. The normalized spacial score (nSPS) is 34.9. The lowest BCUT2D eigenvalue weighted by Gasteiger charge is -2.36. The number of hydrogen-bond acceptors (Lipinski definition) is 3. The van der Waals surface area contributed by atoms with Gasteiger partial charge in [0.1, 0.15) is 12.2 Å². The monoisotopic (exact) mass is 191 g/mol. The molecule has 0 bridgehead atoms. The third-order valence-electron chi connectivity index (χ3n) is 2.78. The lowest BCUT2D eigenvalue weighted by atomic mass is 9.96. The Morgan fingerprint density at radius 1 is 1.29 bits per heavy atom. The minimum absolute atomic E-state index is 0.117. The van der Waals surface area contributed by atoms with Crippen LogP contribution in [0.1, 0.15) is 0 Å². The van der Waals surface area contributed by atoms with E-state index in [1.165, 1.54) is 11.3 Å². The average molecular weight is 191 g/mol. The predicted octanol–water partition coefficient (Wildman–Crippen LogP) is 0.754. The number of ether oxygens (including phenoxy) is 2. The van der Waals surface area contributed by atoms with Crippen molar-refractivity contribution in [1.29, 1.82) is 0 Å². The van der Waals surface area contributed by atoms with Crippen LogP contribution < -0.4 is 5.32 Å². The fourth-order valence-corrected chi connectivity index (χ4v) is 2.11.